The second-order valence-electron chi connectivity index (χ2n) is 7.34. The van der Waals surface area contributed by atoms with Crippen LogP contribution < -0.4 is 9.46 Å². The molecule has 152 valence electrons. The van der Waals surface area contributed by atoms with Crippen molar-refractivity contribution in [2.24, 2.45) is 5.92 Å². The summed E-state index contributed by atoms with van der Waals surface area (Å²) >= 11 is 12.1. The Morgan fingerprint density at radius 1 is 1.11 bits per heavy atom. The van der Waals surface area contributed by atoms with Gasteiger partial charge in [-0.15, -0.1) is 0 Å². The van der Waals surface area contributed by atoms with Crippen LogP contribution in [0, 0.1) is 5.92 Å². The van der Waals surface area contributed by atoms with E-state index in [9.17, 15) is 8.42 Å². The van der Waals surface area contributed by atoms with E-state index in [1.54, 1.807) is 42.5 Å². The maximum atomic E-state index is 12.9. The number of hydrogen-bond acceptors (Lipinski definition) is 4. The van der Waals surface area contributed by atoms with Crippen molar-refractivity contribution in [1.82, 2.24) is 9.62 Å². The summed E-state index contributed by atoms with van der Waals surface area (Å²) in [5.74, 6) is 1.32. The van der Waals surface area contributed by atoms with Gasteiger partial charge in [-0.2, -0.15) is 0 Å². The molecule has 0 amide bonds. The Labute approximate surface area is 176 Å². The van der Waals surface area contributed by atoms with Crippen LogP contribution in [0.15, 0.2) is 47.4 Å². The second kappa shape index (κ2) is 9.01. The zero-order valence-corrected chi connectivity index (χ0v) is 18.2. The highest BCUT2D eigenvalue weighted by atomic mass is 35.5. The first-order valence-corrected chi connectivity index (χ1v) is 11.3. The number of sulfonamides is 1. The molecule has 5 nitrogen and oxygen atoms in total. The lowest BCUT2D eigenvalue weighted by atomic mass is 10.1. The van der Waals surface area contributed by atoms with Crippen LogP contribution in [-0.2, 0) is 10.0 Å². The monoisotopic (exact) mass is 442 g/mol. The molecule has 2 aromatic carbocycles. The molecule has 1 aliphatic rings. The molecule has 0 radical (unpaired) electrons. The molecule has 28 heavy (non-hydrogen) atoms. The first-order valence-electron chi connectivity index (χ1n) is 9.09. The molecular formula is C20H24Cl2N2O3S. The molecule has 0 aliphatic heterocycles. The molecule has 0 heterocycles. The van der Waals surface area contributed by atoms with Crippen molar-refractivity contribution in [3.63, 3.8) is 0 Å². The smallest absolute Gasteiger partial charge is 0.241 e. The number of nitrogens with one attached hydrogen (secondary N) is 1. The fourth-order valence-corrected chi connectivity index (χ4v) is 4.30. The van der Waals surface area contributed by atoms with Crippen molar-refractivity contribution in [1.29, 1.82) is 0 Å². The van der Waals surface area contributed by atoms with E-state index in [2.05, 4.69) is 4.72 Å². The van der Waals surface area contributed by atoms with Crippen LogP contribution in [0.4, 0.5) is 0 Å². The Hall–Kier alpha value is -1.31. The summed E-state index contributed by atoms with van der Waals surface area (Å²) in [4.78, 5) is 2.10. The molecule has 1 atom stereocenters. The Bertz CT molecular complexity index is 914. The Kier molecular flexibility index (Phi) is 6.89. The highest BCUT2D eigenvalue weighted by molar-refractivity contribution is 7.89. The molecule has 0 bridgehead atoms. The van der Waals surface area contributed by atoms with Gasteiger partial charge in [-0.3, -0.25) is 0 Å². The molecule has 0 spiro atoms. The maximum absolute atomic E-state index is 12.9. The summed E-state index contributed by atoms with van der Waals surface area (Å²) < 4.78 is 34.3. The lowest BCUT2D eigenvalue weighted by Crippen LogP contribution is -2.35. The molecular weight excluding hydrogens is 419 g/mol. The molecule has 3 rings (SSSR count). The average molecular weight is 443 g/mol. The van der Waals surface area contributed by atoms with Gasteiger partial charge in [-0.1, -0.05) is 29.3 Å². The van der Waals surface area contributed by atoms with E-state index in [1.807, 2.05) is 19.0 Å². The van der Waals surface area contributed by atoms with E-state index in [-0.39, 0.29) is 4.90 Å². The standard InChI is InChI=1S/C20H24Cl2N2O3S/c1-24(2)12-20(15-5-10-18(21)19(22)11-15)23-28(25,26)17-8-6-16(7-9-17)27-13-14-3-4-14/h5-11,14,20,23H,3-4,12-13H2,1-2H3. The minimum absolute atomic E-state index is 0.190. The van der Waals surface area contributed by atoms with Crippen LogP contribution in [-0.4, -0.2) is 40.6 Å². The van der Waals surface area contributed by atoms with Gasteiger partial charge < -0.3 is 9.64 Å². The summed E-state index contributed by atoms with van der Waals surface area (Å²) in [6.07, 6.45) is 2.41. The van der Waals surface area contributed by atoms with E-state index in [0.29, 0.717) is 34.9 Å². The minimum atomic E-state index is -3.72. The van der Waals surface area contributed by atoms with Crippen molar-refractivity contribution in [2.45, 2.75) is 23.8 Å². The van der Waals surface area contributed by atoms with E-state index >= 15 is 0 Å². The third kappa shape index (κ3) is 5.84. The highest BCUT2D eigenvalue weighted by Crippen LogP contribution is 2.30. The lowest BCUT2D eigenvalue weighted by molar-refractivity contribution is 0.299. The molecule has 8 heteroatoms. The van der Waals surface area contributed by atoms with Crippen molar-refractivity contribution in [3.8, 4) is 5.75 Å². The van der Waals surface area contributed by atoms with Gasteiger partial charge in [-0.25, -0.2) is 13.1 Å². The fraction of sp³-hybridized carbons (Fsp3) is 0.400. The highest BCUT2D eigenvalue weighted by Gasteiger charge is 2.24. The van der Waals surface area contributed by atoms with Crippen molar-refractivity contribution in [2.75, 3.05) is 27.2 Å². The lowest BCUT2D eigenvalue weighted by Gasteiger charge is -2.23. The van der Waals surface area contributed by atoms with E-state index in [4.69, 9.17) is 27.9 Å². The zero-order chi connectivity index (χ0) is 20.3. The Morgan fingerprint density at radius 2 is 1.79 bits per heavy atom. The van der Waals surface area contributed by atoms with Gasteiger partial charge >= 0.3 is 0 Å². The van der Waals surface area contributed by atoms with Gasteiger partial charge in [-0.05, 0) is 74.8 Å². The Balaban J connectivity index is 1.76. The van der Waals surface area contributed by atoms with Gasteiger partial charge in [0.2, 0.25) is 10.0 Å². The number of ether oxygens (including phenoxy) is 1. The average Bonchev–Trinajstić information content (AvgIpc) is 3.46. The van der Waals surface area contributed by atoms with E-state index in [1.165, 1.54) is 12.8 Å². The predicted octanol–water partition coefficient (Wildman–Crippen LogP) is 4.36. The summed E-state index contributed by atoms with van der Waals surface area (Å²) in [5.41, 5.74) is 0.746. The van der Waals surface area contributed by atoms with Crippen LogP contribution in [0.2, 0.25) is 10.0 Å². The van der Waals surface area contributed by atoms with E-state index in [0.717, 1.165) is 5.56 Å². The van der Waals surface area contributed by atoms with Crippen LogP contribution in [0.3, 0.4) is 0 Å². The third-order valence-electron chi connectivity index (χ3n) is 4.51. The van der Waals surface area contributed by atoms with Gasteiger partial charge in [0.25, 0.3) is 0 Å². The van der Waals surface area contributed by atoms with Crippen LogP contribution in [0.5, 0.6) is 5.75 Å². The normalized spacial score (nSPS) is 15.6. The van der Waals surface area contributed by atoms with Crippen LogP contribution in [0.1, 0.15) is 24.4 Å². The first-order chi connectivity index (χ1) is 13.2. The number of benzene rings is 2. The van der Waals surface area contributed by atoms with Gasteiger partial charge in [0, 0.05) is 6.54 Å². The maximum Gasteiger partial charge on any atom is 0.241 e. The molecule has 1 unspecified atom stereocenters. The van der Waals surface area contributed by atoms with E-state index < -0.39 is 16.1 Å². The first kappa shape index (κ1) is 21.4. The van der Waals surface area contributed by atoms with Crippen molar-refractivity contribution >= 4 is 33.2 Å². The molecule has 2 aromatic rings. The SMILES string of the molecule is CN(C)CC(NS(=O)(=O)c1ccc(OCC2CC2)cc1)c1ccc(Cl)c(Cl)c1. The van der Waals surface area contributed by atoms with Gasteiger partial charge in [0.15, 0.2) is 0 Å². The number of halogens is 2. The molecule has 1 fully saturated rings. The molecule has 1 saturated carbocycles. The minimum Gasteiger partial charge on any atom is -0.493 e. The third-order valence-corrected chi connectivity index (χ3v) is 6.73. The largest absolute Gasteiger partial charge is 0.493 e. The molecule has 0 aromatic heterocycles. The molecule has 1 aliphatic carbocycles. The number of hydrogen-bond donors (Lipinski definition) is 1. The Morgan fingerprint density at radius 3 is 2.36 bits per heavy atom. The van der Waals surface area contributed by atoms with Crippen molar-refractivity contribution < 1.29 is 13.2 Å². The molecule has 1 N–H and O–H groups in total. The van der Waals surface area contributed by atoms with Crippen LogP contribution in [0.25, 0.3) is 0 Å². The summed E-state index contributed by atoms with van der Waals surface area (Å²) in [5, 5.41) is 0.818. The second-order valence-corrected chi connectivity index (χ2v) is 9.86. The zero-order valence-electron chi connectivity index (χ0n) is 15.9. The summed E-state index contributed by atoms with van der Waals surface area (Å²) in [6.45, 7) is 1.16. The molecule has 0 saturated heterocycles. The number of nitrogens with zero attached hydrogens (tertiary/aromatic N) is 1. The quantitative estimate of drug-likeness (QED) is 0.626. The topological polar surface area (TPSA) is 58.6 Å². The predicted molar refractivity (Wildman–Crippen MR) is 113 cm³/mol. The number of rotatable bonds is 9. The summed E-state index contributed by atoms with van der Waals surface area (Å²) in [6, 6.07) is 11.2. The van der Waals surface area contributed by atoms with Crippen molar-refractivity contribution in [3.05, 3.63) is 58.1 Å². The van der Waals surface area contributed by atoms with Gasteiger partial charge in [0.1, 0.15) is 5.75 Å². The number of likely N-dealkylation sites (N-methyl/N-ethyl adjacent to an activating group) is 1. The van der Waals surface area contributed by atoms with Crippen LogP contribution >= 0.6 is 23.2 Å². The summed E-state index contributed by atoms with van der Waals surface area (Å²) in [7, 11) is 0.0394. The fourth-order valence-electron chi connectivity index (χ4n) is 2.77. The van der Waals surface area contributed by atoms with Gasteiger partial charge in [0.05, 0.1) is 27.6 Å².